The lowest BCUT2D eigenvalue weighted by Crippen LogP contribution is -2.40. The van der Waals surface area contributed by atoms with Gasteiger partial charge in [0.1, 0.15) is 17.7 Å². The lowest BCUT2D eigenvalue weighted by Gasteiger charge is -2.27. The highest BCUT2D eigenvalue weighted by molar-refractivity contribution is 5.82. The number of carboxylic acids is 1. The van der Waals surface area contributed by atoms with E-state index in [0.29, 0.717) is 35.1 Å². The lowest BCUT2D eigenvalue weighted by atomic mass is 9.87. The fraction of sp³-hybridized carbons (Fsp3) is 0.472. The van der Waals surface area contributed by atoms with Gasteiger partial charge >= 0.3 is 5.97 Å². The second-order valence-electron chi connectivity index (χ2n) is 13.0. The summed E-state index contributed by atoms with van der Waals surface area (Å²) in [7, 11) is 3.91. The van der Waals surface area contributed by atoms with Gasteiger partial charge in [-0.2, -0.15) is 0 Å². The Labute approximate surface area is 265 Å². The highest BCUT2D eigenvalue weighted by Crippen LogP contribution is 2.37. The van der Waals surface area contributed by atoms with Crippen LogP contribution < -0.4 is 10.9 Å². The number of hydrogen-bond donors (Lipinski definition) is 2. The van der Waals surface area contributed by atoms with Crippen molar-refractivity contribution < 1.29 is 23.5 Å². The number of nitrogens with one attached hydrogen (secondary N) is 1. The number of carboxylic acid groups (broad SMARTS) is 1. The van der Waals surface area contributed by atoms with Crippen LogP contribution in [0.5, 0.6) is 0 Å². The van der Waals surface area contributed by atoms with Gasteiger partial charge in [-0.3, -0.25) is 14.4 Å². The van der Waals surface area contributed by atoms with Crippen LogP contribution in [0.1, 0.15) is 83.3 Å². The monoisotopic (exact) mass is 623 g/mol. The molecular weight excluding hydrogens is 576 g/mol. The van der Waals surface area contributed by atoms with Crippen LogP contribution in [-0.4, -0.2) is 47.1 Å². The SMILES string of the molecule is Cc1cc(=O)n(C(CC(C)C)C(=O)N[C@@H](CC(=O)O)c2cc(-c3c(C)c(C)c(C)c(F)c3C)cc(C)c2F)cc1CCN(C)C. The molecule has 0 saturated carbocycles. The van der Waals surface area contributed by atoms with Gasteiger partial charge in [0.05, 0.1) is 12.5 Å². The molecule has 0 saturated heterocycles. The zero-order chi connectivity index (χ0) is 33.9. The first-order valence-electron chi connectivity index (χ1n) is 15.4. The molecule has 3 rings (SSSR count). The molecule has 0 aliphatic heterocycles. The van der Waals surface area contributed by atoms with Crippen molar-refractivity contribution in [3.63, 3.8) is 0 Å². The van der Waals surface area contributed by atoms with Crippen molar-refractivity contribution >= 4 is 11.9 Å². The van der Waals surface area contributed by atoms with E-state index in [0.717, 1.165) is 28.8 Å². The molecule has 0 aliphatic rings. The number of carbonyl (C=O) groups excluding carboxylic acids is 1. The Kier molecular flexibility index (Phi) is 11.5. The molecule has 0 spiro atoms. The van der Waals surface area contributed by atoms with Gasteiger partial charge in [-0.05, 0) is 137 Å². The Morgan fingerprint density at radius 2 is 1.56 bits per heavy atom. The predicted molar refractivity (Wildman–Crippen MR) is 175 cm³/mol. The molecule has 0 fully saturated rings. The minimum Gasteiger partial charge on any atom is -0.481 e. The summed E-state index contributed by atoms with van der Waals surface area (Å²) in [4.78, 5) is 41.3. The van der Waals surface area contributed by atoms with Crippen LogP contribution in [0.4, 0.5) is 8.78 Å². The minimum absolute atomic E-state index is 0.00981. The molecule has 1 amide bonds. The molecule has 1 unspecified atom stereocenters. The number of rotatable bonds is 12. The van der Waals surface area contributed by atoms with Crippen LogP contribution in [0.2, 0.25) is 0 Å². The van der Waals surface area contributed by atoms with Crippen molar-refractivity contribution in [1.29, 1.82) is 0 Å². The van der Waals surface area contributed by atoms with Crippen molar-refractivity contribution in [2.24, 2.45) is 5.92 Å². The third kappa shape index (κ3) is 8.06. The molecule has 1 aromatic heterocycles. The van der Waals surface area contributed by atoms with E-state index in [-0.39, 0.29) is 28.4 Å². The van der Waals surface area contributed by atoms with Crippen molar-refractivity contribution in [2.45, 2.75) is 86.7 Å². The van der Waals surface area contributed by atoms with Crippen LogP contribution in [0, 0.1) is 59.1 Å². The molecule has 7 nitrogen and oxygen atoms in total. The molecular formula is C36H47F2N3O4. The normalized spacial score (nSPS) is 12.9. The molecule has 0 bridgehead atoms. The summed E-state index contributed by atoms with van der Waals surface area (Å²) in [6.07, 6.45) is 2.11. The molecule has 1 heterocycles. The van der Waals surface area contributed by atoms with Gasteiger partial charge in [-0.25, -0.2) is 8.78 Å². The third-order valence-corrected chi connectivity index (χ3v) is 8.73. The Balaban J connectivity index is 2.15. The number of benzene rings is 2. The Morgan fingerprint density at radius 3 is 2.13 bits per heavy atom. The van der Waals surface area contributed by atoms with Gasteiger partial charge in [-0.1, -0.05) is 13.8 Å². The average Bonchev–Trinajstić information content (AvgIpc) is 2.94. The van der Waals surface area contributed by atoms with E-state index < -0.39 is 36.2 Å². The maximum atomic E-state index is 15.8. The van der Waals surface area contributed by atoms with Gasteiger partial charge < -0.3 is 19.9 Å². The molecule has 2 N–H and O–H groups in total. The summed E-state index contributed by atoms with van der Waals surface area (Å²) >= 11 is 0. The zero-order valence-electron chi connectivity index (χ0n) is 28.2. The van der Waals surface area contributed by atoms with Crippen LogP contribution >= 0.6 is 0 Å². The van der Waals surface area contributed by atoms with E-state index in [1.807, 2.05) is 53.6 Å². The molecule has 3 aromatic rings. The molecule has 244 valence electrons. The highest BCUT2D eigenvalue weighted by atomic mass is 19.1. The number of hydrogen-bond acceptors (Lipinski definition) is 4. The zero-order valence-corrected chi connectivity index (χ0v) is 28.2. The molecule has 0 aliphatic carbocycles. The molecule has 2 aromatic carbocycles. The smallest absolute Gasteiger partial charge is 0.305 e. The number of amides is 1. The van der Waals surface area contributed by atoms with E-state index in [1.54, 1.807) is 33.0 Å². The summed E-state index contributed by atoms with van der Waals surface area (Å²) < 4.78 is 32.4. The second-order valence-corrected chi connectivity index (χ2v) is 13.0. The van der Waals surface area contributed by atoms with Gasteiger partial charge in [-0.15, -0.1) is 0 Å². The van der Waals surface area contributed by atoms with Crippen LogP contribution in [-0.2, 0) is 16.0 Å². The van der Waals surface area contributed by atoms with E-state index in [1.165, 1.54) is 16.7 Å². The van der Waals surface area contributed by atoms with Crippen molar-refractivity contribution in [3.8, 4) is 11.1 Å². The lowest BCUT2D eigenvalue weighted by molar-refractivity contribution is -0.138. The molecule has 45 heavy (non-hydrogen) atoms. The Hall–Kier alpha value is -3.85. The average molecular weight is 624 g/mol. The minimum atomic E-state index is -1.24. The van der Waals surface area contributed by atoms with Gasteiger partial charge in [0.2, 0.25) is 5.91 Å². The first kappa shape index (κ1) is 35.6. The number of carbonyl (C=O) groups is 2. The van der Waals surface area contributed by atoms with Crippen LogP contribution in [0.15, 0.2) is 29.2 Å². The standard InChI is InChI=1S/C36H47F2N3O4/c1-19(2)13-30(41-18-26(11-12-40(9)10)20(3)15-31(41)42)36(45)39-29(17-32(43)44)28-16-27(14-21(4)34(28)37)33-23(6)22(5)24(7)35(38)25(33)8/h14-16,18-19,29-30H,11-13,17H2,1-10H3,(H,39,45)(H,43,44)/t29-,30?/m0/s1. The molecule has 0 radical (unpaired) electrons. The molecule has 2 atom stereocenters. The summed E-state index contributed by atoms with van der Waals surface area (Å²) in [6, 6.07) is 2.45. The summed E-state index contributed by atoms with van der Waals surface area (Å²) in [5.74, 6) is -2.79. The van der Waals surface area contributed by atoms with E-state index in [4.69, 9.17) is 0 Å². The fourth-order valence-corrected chi connectivity index (χ4v) is 5.94. The summed E-state index contributed by atoms with van der Waals surface area (Å²) in [6.45, 7) is 15.1. The number of likely N-dealkylation sites (N-methyl/N-ethyl adjacent to an activating group) is 1. The van der Waals surface area contributed by atoms with Crippen molar-refractivity contribution in [3.05, 3.63) is 90.9 Å². The highest BCUT2D eigenvalue weighted by Gasteiger charge is 2.30. The van der Waals surface area contributed by atoms with E-state index in [9.17, 15) is 19.5 Å². The molecule has 9 heteroatoms. The summed E-state index contributed by atoms with van der Waals surface area (Å²) in [5.41, 5.74) is 5.33. The van der Waals surface area contributed by atoms with Crippen molar-refractivity contribution in [2.75, 3.05) is 20.6 Å². The van der Waals surface area contributed by atoms with Gasteiger partial charge in [0.15, 0.2) is 0 Å². The number of aromatic nitrogens is 1. The number of nitrogens with zero attached hydrogens (tertiary/aromatic N) is 2. The first-order chi connectivity index (χ1) is 20.9. The summed E-state index contributed by atoms with van der Waals surface area (Å²) in [5, 5.41) is 12.6. The third-order valence-electron chi connectivity index (χ3n) is 8.73. The van der Waals surface area contributed by atoms with Gasteiger partial charge in [0, 0.05) is 24.4 Å². The van der Waals surface area contributed by atoms with Crippen LogP contribution in [0.25, 0.3) is 11.1 Å². The predicted octanol–water partition coefficient (Wildman–Crippen LogP) is 6.67. The van der Waals surface area contributed by atoms with E-state index in [2.05, 4.69) is 5.32 Å². The number of aryl methyl sites for hydroxylation is 2. The number of halogens is 2. The van der Waals surface area contributed by atoms with Crippen molar-refractivity contribution in [1.82, 2.24) is 14.8 Å². The Morgan fingerprint density at radius 1 is 0.911 bits per heavy atom. The number of pyridine rings is 1. The number of aliphatic carboxylic acids is 1. The topological polar surface area (TPSA) is 91.6 Å². The van der Waals surface area contributed by atoms with E-state index >= 15 is 8.78 Å². The fourth-order valence-electron chi connectivity index (χ4n) is 5.94. The van der Waals surface area contributed by atoms with Crippen LogP contribution in [0.3, 0.4) is 0 Å². The Bertz CT molecular complexity index is 1630. The largest absolute Gasteiger partial charge is 0.481 e. The second kappa shape index (κ2) is 14.5. The van der Waals surface area contributed by atoms with Gasteiger partial charge in [0.25, 0.3) is 5.56 Å². The maximum Gasteiger partial charge on any atom is 0.305 e. The quantitative estimate of drug-likeness (QED) is 0.235. The first-order valence-corrected chi connectivity index (χ1v) is 15.4. The maximum absolute atomic E-state index is 15.8.